The van der Waals surface area contributed by atoms with Gasteiger partial charge in [0.15, 0.2) is 0 Å². The van der Waals surface area contributed by atoms with Crippen LogP contribution in [-0.2, 0) is 0 Å². The first-order valence-electron chi connectivity index (χ1n) is 6.39. The number of nitrogens with one attached hydrogen (secondary N) is 1. The molecule has 6 heteroatoms. The highest BCUT2D eigenvalue weighted by molar-refractivity contribution is 9.10. The van der Waals surface area contributed by atoms with Crippen molar-refractivity contribution < 1.29 is 14.7 Å². The van der Waals surface area contributed by atoms with E-state index in [0.29, 0.717) is 11.0 Å². The fourth-order valence-corrected chi connectivity index (χ4v) is 2.14. The van der Waals surface area contributed by atoms with E-state index in [1.807, 2.05) is 20.8 Å². The number of urea groups is 1. The number of carboxylic acid groups (broad SMARTS) is 1. The Morgan fingerprint density at radius 1 is 1.43 bits per heavy atom. The molecule has 0 heterocycles. The van der Waals surface area contributed by atoms with E-state index in [0.717, 1.165) is 0 Å². The fraction of sp³-hybridized carbons (Fsp3) is 0.333. The smallest absolute Gasteiger partial charge is 0.337 e. The molecule has 0 aliphatic carbocycles. The van der Waals surface area contributed by atoms with Gasteiger partial charge in [0.05, 0.1) is 11.3 Å². The summed E-state index contributed by atoms with van der Waals surface area (Å²) in [5.41, 5.74) is -0.118. The highest BCUT2D eigenvalue weighted by Gasteiger charge is 2.26. The number of hydrogen-bond donors (Lipinski definition) is 2. The number of nitrogens with zero attached hydrogens (tertiary/aromatic N) is 1. The van der Waals surface area contributed by atoms with Crippen molar-refractivity contribution in [3.05, 3.63) is 40.9 Å². The average molecular weight is 355 g/mol. The zero-order valence-corrected chi connectivity index (χ0v) is 13.9. The third-order valence-corrected chi connectivity index (χ3v) is 3.31. The van der Waals surface area contributed by atoms with Crippen LogP contribution in [0.3, 0.4) is 0 Å². The van der Waals surface area contributed by atoms with Crippen LogP contribution in [0, 0.1) is 0 Å². The Bertz CT molecular complexity index is 565. The van der Waals surface area contributed by atoms with Crippen LogP contribution >= 0.6 is 15.9 Å². The molecular weight excluding hydrogens is 336 g/mol. The number of carbonyl (C=O) groups excluding carboxylic acids is 1. The highest BCUT2D eigenvalue weighted by atomic mass is 79.9. The summed E-state index contributed by atoms with van der Waals surface area (Å²) in [5.74, 6) is -1.09. The van der Waals surface area contributed by atoms with E-state index in [-0.39, 0.29) is 17.3 Å². The largest absolute Gasteiger partial charge is 0.478 e. The van der Waals surface area contributed by atoms with Gasteiger partial charge in [-0.2, -0.15) is 0 Å². The van der Waals surface area contributed by atoms with E-state index < -0.39 is 11.5 Å². The van der Waals surface area contributed by atoms with E-state index in [9.17, 15) is 14.7 Å². The minimum atomic E-state index is -1.09. The minimum Gasteiger partial charge on any atom is -0.478 e. The Hall–Kier alpha value is -1.82. The lowest BCUT2D eigenvalue weighted by Crippen LogP contribution is -2.47. The van der Waals surface area contributed by atoms with Crippen LogP contribution in [0.5, 0.6) is 0 Å². The van der Waals surface area contributed by atoms with Crippen molar-refractivity contribution in [3.63, 3.8) is 0 Å². The van der Waals surface area contributed by atoms with Gasteiger partial charge in [0.25, 0.3) is 0 Å². The Kier molecular flexibility index (Phi) is 5.54. The lowest BCUT2D eigenvalue weighted by molar-refractivity contribution is 0.0698. The molecule has 5 nitrogen and oxygen atoms in total. The number of carboxylic acids is 1. The van der Waals surface area contributed by atoms with Gasteiger partial charge in [-0.15, -0.1) is 6.58 Å². The molecule has 0 aliphatic heterocycles. The number of amides is 2. The molecule has 2 N–H and O–H groups in total. The van der Waals surface area contributed by atoms with Gasteiger partial charge >= 0.3 is 12.0 Å². The Balaban J connectivity index is 3.09. The van der Waals surface area contributed by atoms with Crippen molar-refractivity contribution >= 4 is 33.6 Å². The quantitative estimate of drug-likeness (QED) is 0.803. The Morgan fingerprint density at radius 3 is 2.52 bits per heavy atom. The molecule has 0 fully saturated rings. The Labute approximate surface area is 132 Å². The second kappa shape index (κ2) is 6.76. The molecule has 0 atom stereocenters. The van der Waals surface area contributed by atoms with Crippen molar-refractivity contribution in [2.75, 3.05) is 11.9 Å². The van der Waals surface area contributed by atoms with Gasteiger partial charge in [0.1, 0.15) is 0 Å². The van der Waals surface area contributed by atoms with Gasteiger partial charge in [-0.1, -0.05) is 22.0 Å². The molecule has 0 radical (unpaired) electrons. The standard InChI is InChI=1S/C15H19BrN2O3/c1-5-8-18(15(2,3)4)14(21)17-12-9-10(16)6-7-11(12)13(19)20/h5-7,9H,1,8H2,2-4H3,(H,17,21)(H,19,20). The molecule has 0 unspecified atom stereocenters. The second-order valence-corrected chi connectivity index (χ2v) is 6.41. The molecule has 1 aromatic rings. The summed E-state index contributed by atoms with van der Waals surface area (Å²) in [6.07, 6.45) is 1.63. The summed E-state index contributed by atoms with van der Waals surface area (Å²) >= 11 is 3.27. The van der Waals surface area contributed by atoms with Gasteiger partial charge in [0.2, 0.25) is 0 Å². The summed E-state index contributed by atoms with van der Waals surface area (Å²) in [4.78, 5) is 25.2. The molecule has 0 aromatic heterocycles. The third kappa shape index (κ3) is 4.60. The maximum absolute atomic E-state index is 12.4. The van der Waals surface area contributed by atoms with Crippen molar-refractivity contribution in [1.29, 1.82) is 0 Å². The van der Waals surface area contributed by atoms with Crippen molar-refractivity contribution in [1.82, 2.24) is 4.90 Å². The van der Waals surface area contributed by atoms with Gasteiger partial charge < -0.3 is 15.3 Å². The average Bonchev–Trinajstić information content (AvgIpc) is 2.33. The summed E-state index contributed by atoms with van der Waals surface area (Å²) in [6, 6.07) is 4.25. The van der Waals surface area contributed by atoms with Crippen LogP contribution in [0.2, 0.25) is 0 Å². The minimum absolute atomic E-state index is 0.0408. The van der Waals surface area contributed by atoms with Gasteiger partial charge in [0, 0.05) is 16.6 Å². The van der Waals surface area contributed by atoms with Crippen molar-refractivity contribution in [2.24, 2.45) is 0 Å². The van der Waals surface area contributed by atoms with E-state index in [2.05, 4.69) is 27.8 Å². The van der Waals surface area contributed by atoms with Gasteiger partial charge in [-0.3, -0.25) is 0 Å². The topological polar surface area (TPSA) is 69.6 Å². The molecule has 0 bridgehead atoms. The zero-order valence-electron chi connectivity index (χ0n) is 12.3. The molecule has 0 saturated heterocycles. The lowest BCUT2D eigenvalue weighted by Gasteiger charge is -2.35. The van der Waals surface area contributed by atoms with Crippen LogP contribution < -0.4 is 5.32 Å². The molecule has 1 rings (SSSR count). The molecular formula is C15H19BrN2O3. The number of carbonyl (C=O) groups is 2. The van der Waals surface area contributed by atoms with Crippen LogP contribution in [0.25, 0.3) is 0 Å². The van der Waals surface area contributed by atoms with Crippen molar-refractivity contribution in [3.8, 4) is 0 Å². The van der Waals surface area contributed by atoms with Crippen molar-refractivity contribution in [2.45, 2.75) is 26.3 Å². The molecule has 0 saturated carbocycles. The van der Waals surface area contributed by atoms with Crippen LogP contribution in [0.15, 0.2) is 35.3 Å². The number of halogens is 1. The maximum atomic E-state index is 12.4. The number of aromatic carboxylic acids is 1. The molecule has 0 spiro atoms. The molecule has 114 valence electrons. The fourth-order valence-electron chi connectivity index (χ4n) is 1.78. The van der Waals surface area contributed by atoms with Crippen LogP contribution in [0.1, 0.15) is 31.1 Å². The summed E-state index contributed by atoms with van der Waals surface area (Å²) in [6.45, 7) is 9.70. The van der Waals surface area contributed by atoms with Gasteiger partial charge in [-0.05, 0) is 39.0 Å². The van der Waals surface area contributed by atoms with E-state index in [4.69, 9.17) is 0 Å². The predicted molar refractivity (Wildman–Crippen MR) is 86.8 cm³/mol. The van der Waals surface area contributed by atoms with Crippen LogP contribution in [-0.4, -0.2) is 34.1 Å². The van der Waals surface area contributed by atoms with Crippen LogP contribution in [0.4, 0.5) is 10.5 Å². The number of anilines is 1. The first-order valence-corrected chi connectivity index (χ1v) is 7.18. The zero-order chi connectivity index (χ0) is 16.2. The first kappa shape index (κ1) is 17.2. The van der Waals surface area contributed by atoms with E-state index in [1.165, 1.54) is 6.07 Å². The number of hydrogen-bond acceptors (Lipinski definition) is 2. The lowest BCUT2D eigenvalue weighted by atomic mass is 10.1. The van der Waals surface area contributed by atoms with E-state index >= 15 is 0 Å². The SMILES string of the molecule is C=CCN(C(=O)Nc1cc(Br)ccc1C(=O)O)C(C)(C)C. The number of rotatable bonds is 4. The first-order chi connectivity index (χ1) is 9.66. The third-order valence-electron chi connectivity index (χ3n) is 2.82. The van der Waals surface area contributed by atoms with Gasteiger partial charge in [-0.25, -0.2) is 9.59 Å². The highest BCUT2D eigenvalue weighted by Crippen LogP contribution is 2.23. The van der Waals surface area contributed by atoms with E-state index in [1.54, 1.807) is 23.1 Å². The summed E-state index contributed by atoms with van der Waals surface area (Å²) in [7, 11) is 0. The number of benzene rings is 1. The second-order valence-electron chi connectivity index (χ2n) is 5.50. The summed E-state index contributed by atoms with van der Waals surface area (Å²) < 4.78 is 0.689. The maximum Gasteiger partial charge on any atom is 0.337 e. The normalized spacial score (nSPS) is 10.9. The Morgan fingerprint density at radius 2 is 2.05 bits per heavy atom. The molecule has 0 aliphatic rings. The molecule has 1 aromatic carbocycles. The molecule has 2 amide bonds. The monoisotopic (exact) mass is 354 g/mol. The summed E-state index contributed by atoms with van der Waals surface area (Å²) in [5, 5.41) is 11.8. The predicted octanol–water partition coefficient (Wildman–Crippen LogP) is 3.97. The molecule has 21 heavy (non-hydrogen) atoms.